The first kappa shape index (κ1) is 20.2. The van der Waals surface area contributed by atoms with Gasteiger partial charge in [0, 0.05) is 32.2 Å². The van der Waals surface area contributed by atoms with Crippen molar-refractivity contribution < 1.29 is 19.4 Å². The molecule has 1 aliphatic heterocycles. The van der Waals surface area contributed by atoms with Crippen LogP contribution in [0.25, 0.3) is 0 Å². The maximum Gasteiger partial charge on any atom is 0.410 e. The van der Waals surface area contributed by atoms with Gasteiger partial charge in [0.2, 0.25) is 0 Å². The number of hydrogen-bond donors (Lipinski definition) is 1. The normalized spacial score (nSPS) is 18.8. The minimum Gasteiger partial charge on any atom is -0.478 e. The number of rotatable bonds is 4. The van der Waals surface area contributed by atoms with E-state index in [1.54, 1.807) is 17.0 Å². The van der Waals surface area contributed by atoms with Gasteiger partial charge in [-0.05, 0) is 38.3 Å². The number of aromatic carboxylic acids is 1. The number of nitrogens with zero attached hydrogens (tertiary/aromatic N) is 2. The van der Waals surface area contributed by atoms with Crippen LogP contribution < -0.4 is 0 Å². The van der Waals surface area contributed by atoms with E-state index in [9.17, 15) is 14.7 Å². The molecule has 2 rings (SSSR count). The fourth-order valence-electron chi connectivity index (χ4n) is 3.25. The van der Waals surface area contributed by atoms with Gasteiger partial charge < -0.3 is 14.7 Å². The van der Waals surface area contributed by atoms with Crippen LogP contribution in [0.5, 0.6) is 0 Å². The molecule has 0 unspecified atom stereocenters. The summed E-state index contributed by atoms with van der Waals surface area (Å²) in [5.41, 5.74) is 0.628. The monoisotopic (exact) mass is 362 g/mol. The third-order valence-corrected chi connectivity index (χ3v) is 4.58. The van der Waals surface area contributed by atoms with Crippen LogP contribution in [0, 0.1) is 5.92 Å². The summed E-state index contributed by atoms with van der Waals surface area (Å²) < 4.78 is 5.50. The topological polar surface area (TPSA) is 70.1 Å². The van der Waals surface area contributed by atoms with Crippen LogP contribution in [0.1, 0.15) is 50.5 Å². The molecule has 0 saturated carbocycles. The van der Waals surface area contributed by atoms with Gasteiger partial charge in [0.15, 0.2) is 0 Å². The molecule has 6 nitrogen and oxygen atoms in total. The molecule has 26 heavy (non-hydrogen) atoms. The van der Waals surface area contributed by atoms with E-state index in [-0.39, 0.29) is 12.1 Å². The van der Waals surface area contributed by atoms with E-state index in [0.717, 1.165) is 5.56 Å². The highest BCUT2D eigenvalue weighted by molar-refractivity contribution is 5.89. The summed E-state index contributed by atoms with van der Waals surface area (Å²) in [4.78, 5) is 27.9. The molecule has 0 bridgehead atoms. The Morgan fingerprint density at radius 3 is 2.46 bits per heavy atom. The highest BCUT2D eigenvalue weighted by Gasteiger charge is 2.33. The lowest BCUT2D eigenvalue weighted by Gasteiger charge is -2.43. The molecular weight excluding hydrogens is 332 g/mol. The lowest BCUT2D eigenvalue weighted by molar-refractivity contribution is -0.00429. The molecule has 1 fully saturated rings. The molecule has 1 aromatic carbocycles. The smallest absolute Gasteiger partial charge is 0.410 e. The van der Waals surface area contributed by atoms with Crippen molar-refractivity contribution in [2.75, 3.05) is 19.6 Å². The van der Waals surface area contributed by atoms with Gasteiger partial charge in [-0.2, -0.15) is 0 Å². The molecular formula is C20H30N2O4. The number of benzene rings is 1. The van der Waals surface area contributed by atoms with Crippen LogP contribution in [0.15, 0.2) is 24.3 Å². The Hall–Kier alpha value is -2.08. The van der Waals surface area contributed by atoms with Gasteiger partial charge in [0.25, 0.3) is 0 Å². The molecule has 1 aliphatic rings. The molecule has 1 atom stereocenters. The van der Waals surface area contributed by atoms with Gasteiger partial charge in [0.1, 0.15) is 5.60 Å². The Balaban J connectivity index is 2.12. The van der Waals surface area contributed by atoms with Gasteiger partial charge in [-0.1, -0.05) is 32.0 Å². The summed E-state index contributed by atoms with van der Waals surface area (Å²) >= 11 is 0. The molecule has 1 aromatic rings. The summed E-state index contributed by atoms with van der Waals surface area (Å²) in [6, 6.07) is 7.26. The predicted octanol–water partition coefficient (Wildman–Crippen LogP) is 3.46. The zero-order valence-electron chi connectivity index (χ0n) is 16.4. The average Bonchev–Trinajstić information content (AvgIpc) is 2.53. The van der Waals surface area contributed by atoms with E-state index in [1.807, 2.05) is 32.9 Å². The number of amides is 1. The molecule has 1 amide bonds. The second-order valence-electron chi connectivity index (χ2n) is 8.17. The minimum absolute atomic E-state index is 0.151. The number of piperazine rings is 1. The van der Waals surface area contributed by atoms with Crippen molar-refractivity contribution in [3.8, 4) is 0 Å². The maximum absolute atomic E-state index is 12.4. The van der Waals surface area contributed by atoms with Crippen LogP contribution in [-0.4, -0.2) is 58.2 Å². The van der Waals surface area contributed by atoms with Crippen molar-refractivity contribution in [3.63, 3.8) is 0 Å². The Morgan fingerprint density at radius 1 is 1.23 bits per heavy atom. The van der Waals surface area contributed by atoms with Crippen molar-refractivity contribution in [2.24, 2.45) is 5.92 Å². The van der Waals surface area contributed by atoms with E-state index < -0.39 is 11.6 Å². The standard InChI is InChI=1S/C20H30N2O4/c1-14(2)17-13-22(19(25)26-20(3,4)5)11-10-21(17)12-15-8-6-7-9-16(15)18(23)24/h6-9,14,17H,10-13H2,1-5H3,(H,23,24)/t17-/m1/s1. The molecule has 1 heterocycles. The molecule has 0 radical (unpaired) electrons. The Bertz CT molecular complexity index is 651. The molecule has 6 heteroatoms. The van der Waals surface area contributed by atoms with E-state index in [4.69, 9.17) is 4.74 Å². The molecule has 0 aliphatic carbocycles. The first-order valence-corrected chi connectivity index (χ1v) is 9.11. The van der Waals surface area contributed by atoms with Crippen LogP contribution in [0.3, 0.4) is 0 Å². The fraction of sp³-hybridized carbons (Fsp3) is 0.600. The van der Waals surface area contributed by atoms with Gasteiger partial charge in [-0.25, -0.2) is 9.59 Å². The fourth-order valence-corrected chi connectivity index (χ4v) is 3.25. The quantitative estimate of drug-likeness (QED) is 0.888. The largest absolute Gasteiger partial charge is 0.478 e. The van der Waals surface area contributed by atoms with Gasteiger partial charge >= 0.3 is 12.1 Å². The van der Waals surface area contributed by atoms with Crippen molar-refractivity contribution >= 4 is 12.1 Å². The van der Waals surface area contributed by atoms with E-state index in [2.05, 4.69) is 18.7 Å². The number of hydrogen-bond acceptors (Lipinski definition) is 4. The zero-order valence-corrected chi connectivity index (χ0v) is 16.4. The predicted molar refractivity (Wildman–Crippen MR) is 100 cm³/mol. The first-order valence-electron chi connectivity index (χ1n) is 9.11. The van der Waals surface area contributed by atoms with Gasteiger partial charge in [-0.3, -0.25) is 4.90 Å². The van der Waals surface area contributed by atoms with Crippen LogP contribution in [0.2, 0.25) is 0 Å². The summed E-state index contributed by atoms with van der Waals surface area (Å²) in [5.74, 6) is -0.577. The van der Waals surface area contributed by atoms with Crippen molar-refractivity contribution in [3.05, 3.63) is 35.4 Å². The summed E-state index contributed by atoms with van der Waals surface area (Å²) in [6.45, 7) is 12.3. The summed E-state index contributed by atoms with van der Waals surface area (Å²) in [7, 11) is 0. The van der Waals surface area contributed by atoms with Crippen LogP contribution >= 0.6 is 0 Å². The van der Waals surface area contributed by atoms with E-state index in [1.165, 1.54) is 0 Å². The van der Waals surface area contributed by atoms with Crippen LogP contribution in [0.4, 0.5) is 4.79 Å². The lowest BCUT2D eigenvalue weighted by atomic mass is 9.98. The third kappa shape index (κ3) is 5.21. The number of ether oxygens (including phenoxy) is 1. The second-order valence-corrected chi connectivity index (χ2v) is 8.17. The van der Waals surface area contributed by atoms with Crippen molar-refractivity contribution in [1.82, 2.24) is 9.80 Å². The SMILES string of the molecule is CC(C)[C@H]1CN(C(=O)OC(C)(C)C)CCN1Cc1ccccc1C(=O)O. The van der Waals surface area contributed by atoms with Crippen LogP contribution in [-0.2, 0) is 11.3 Å². The minimum atomic E-state index is -0.908. The molecule has 0 spiro atoms. The van der Waals surface area contributed by atoms with E-state index >= 15 is 0 Å². The average molecular weight is 362 g/mol. The van der Waals surface area contributed by atoms with Crippen molar-refractivity contribution in [2.45, 2.75) is 52.8 Å². The highest BCUT2D eigenvalue weighted by atomic mass is 16.6. The highest BCUT2D eigenvalue weighted by Crippen LogP contribution is 2.23. The van der Waals surface area contributed by atoms with Gasteiger partial charge in [0.05, 0.1) is 5.56 Å². The number of carbonyl (C=O) groups excluding carboxylic acids is 1. The number of carboxylic acids is 1. The van der Waals surface area contributed by atoms with E-state index in [0.29, 0.717) is 37.7 Å². The van der Waals surface area contributed by atoms with Gasteiger partial charge in [-0.15, -0.1) is 0 Å². The Kier molecular flexibility index (Phi) is 6.29. The Labute approximate surface area is 155 Å². The molecule has 144 valence electrons. The first-order chi connectivity index (χ1) is 12.1. The summed E-state index contributed by atoms with van der Waals surface area (Å²) in [5, 5.41) is 9.41. The zero-order chi connectivity index (χ0) is 19.5. The number of carbonyl (C=O) groups is 2. The summed E-state index contributed by atoms with van der Waals surface area (Å²) in [6.07, 6.45) is -0.284. The Morgan fingerprint density at radius 2 is 1.88 bits per heavy atom. The third-order valence-electron chi connectivity index (χ3n) is 4.58. The second kappa shape index (κ2) is 8.08. The van der Waals surface area contributed by atoms with Crippen molar-refractivity contribution in [1.29, 1.82) is 0 Å². The molecule has 0 aromatic heterocycles. The lowest BCUT2D eigenvalue weighted by Crippen LogP contribution is -2.56. The maximum atomic E-state index is 12.4. The molecule has 1 saturated heterocycles. The molecule has 1 N–H and O–H groups in total. The number of carboxylic acid groups (broad SMARTS) is 1.